The van der Waals surface area contributed by atoms with Gasteiger partial charge in [-0.2, -0.15) is 8.42 Å². The molecule has 1 heterocycles. The second kappa shape index (κ2) is 4.92. The fourth-order valence-electron chi connectivity index (χ4n) is 1.38. The van der Waals surface area contributed by atoms with Crippen LogP contribution in [0.15, 0.2) is 0 Å². The van der Waals surface area contributed by atoms with E-state index in [0.717, 1.165) is 6.26 Å². The van der Waals surface area contributed by atoms with E-state index in [0.29, 0.717) is 0 Å². The smallest absolute Gasteiger partial charge is 0.264 e. The molecule has 0 saturated carbocycles. The SMILES string of the molecule is CS(=O)(=O)O[C@@H]1[C@@H](O)[C@@H](O)O[C@H](CO)[C@H]1O. The monoisotopic (exact) mass is 258 g/mol. The molecule has 0 aliphatic carbocycles. The quantitative estimate of drug-likeness (QED) is 0.388. The molecular formula is C7H14O8S. The molecule has 0 amide bonds. The molecule has 1 aliphatic heterocycles. The fraction of sp³-hybridized carbons (Fsp3) is 1.00. The average Bonchev–Trinajstić information content (AvgIpc) is 2.17. The summed E-state index contributed by atoms with van der Waals surface area (Å²) in [7, 11) is -3.91. The summed E-state index contributed by atoms with van der Waals surface area (Å²) in [5, 5.41) is 36.9. The maximum absolute atomic E-state index is 10.9. The molecular weight excluding hydrogens is 244 g/mol. The summed E-state index contributed by atoms with van der Waals surface area (Å²) < 4.78 is 30.8. The molecule has 8 nitrogen and oxygen atoms in total. The lowest BCUT2D eigenvalue weighted by Gasteiger charge is -2.39. The van der Waals surface area contributed by atoms with Crippen molar-refractivity contribution >= 4 is 10.1 Å². The third-order valence-electron chi connectivity index (χ3n) is 2.13. The Bertz CT molecular complexity index is 327. The van der Waals surface area contributed by atoms with Gasteiger partial charge in [0.05, 0.1) is 12.9 Å². The second-order valence-electron chi connectivity index (χ2n) is 3.49. The fourth-order valence-corrected chi connectivity index (χ4v) is 2.01. The highest BCUT2D eigenvalue weighted by Gasteiger charge is 2.46. The van der Waals surface area contributed by atoms with Crippen molar-refractivity contribution in [3.8, 4) is 0 Å². The maximum Gasteiger partial charge on any atom is 0.264 e. The minimum absolute atomic E-state index is 0.644. The molecule has 5 atom stereocenters. The Morgan fingerprint density at radius 1 is 1.25 bits per heavy atom. The van der Waals surface area contributed by atoms with Crippen molar-refractivity contribution in [1.29, 1.82) is 0 Å². The van der Waals surface area contributed by atoms with Crippen LogP contribution in [0.1, 0.15) is 0 Å². The van der Waals surface area contributed by atoms with Gasteiger partial charge in [0.15, 0.2) is 6.29 Å². The minimum Gasteiger partial charge on any atom is -0.394 e. The Labute approximate surface area is 92.2 Å². The van der Waals surface area contributed by atoms with Gasteiger partial charge in [0.1, 0.15) is 24.4 Å². The lowest BCUT2D eigenvalue weighted by Crippen LogP contribution is -2.59. The number of aliphatic hydroxyl groups excluding tert-OH is 4. The van der Waals surface area contributed by atoms with Crippen molar-refractivity contribution in [2.75, 3.05) is 12.9 Å². The zero-order valence-electron chi connectivity index (χ0n) is 8.42. The third kappa shape index (κ3) is 3.10. The van der Waals surface area contributed by atoms with Crippen LogP contribution in [0, 0.1) is 0 Å². The van der Waals surface area contributed by atoms with Gasteiger partial charge in [-0.25, -0.2) is 0 Å². The molecule has 1 saturated heterocycles. The van der Waals surface area contributed by atoms with Crippen LogP contribution in [-0.4, -0.2) is 72.4 Å². The van der Waals surface area contributed by atoms with Gasteiger partial charge in [-0.1, -0.05) is 0 Å². The van der Waals surface area contributed by atoms with Crippen LogP contribution in [0.2, 0.25) is 0 Å². The number of aliphatic hydroxyl groups is 4. The van der Waals surface area contributed by atoms with Gasteiger partial charge in [-0.05, 0) is 0 Å². The van der Waals surface area contributed by atoms with Crippen molar-refractivity contribution in [3.05, 3.63) is 0 Å². The van der Waals surface area contributed by atoms with Gasteiger partial charge < -0.3 is 25.2 Å². The average molecular weight is 258 g/mol. The minimum atomic E-state index is -3.91. The van der Waals surface area contributed by atoms with Crippen LogP contribution < -0.4 is 0 Å². The highest BCUT2D eigenvalue weighted by molar-refractivity contribution is 7.86. The Balaban J connectivity index is 2.85. The molecule has 0 bridgehead atoms. The van der Waals surface area contributed by atoms with E-state index in [2.05, 4.69) is 8.92 Å². The van der Waals surface area contributed by atoms with E-state index in [-0.39, 0.29) is 0 Å². The van der Waals surface area contributed by atoms with E-state index in [1.165, 1.54) is 0 Å². The number of rotatable bonds is 3. The summed E-state index contributed by atoms with van der Waals surface area (Å²) in [6.07, 6.45) is -7.05. The van der Waals surface area contributed by atoms with E-state index in [1.807, 2.05) is 0 Å². The predicted molar refractivity (Wildman–Crippen MR) is 49.7 cm³/mol. The predicted octanol–water partition coefficient (Wildman–Crippen LogP) is -3.24. The Morgan fingerprint density at radius 2 is 1.81 bits per heavy atom. The van der Waals surface area contributed by atoms with E-state index in [4.69, 9.17) is 5.11 Å². The maximum atomic E-state index is 10.9. The number of hydrogen-bond acceptors (Lipinski definition) is 8. The highest BCUT2D eigenvalue weighted by Crippen LogP contribution is 2.23. The van der Waals surface area contributed by atoms with Gasteiger partial charge in [-0.3, -0.25) is 4.18 Å². The van der Waals surface area contributed by atoms with E-state index in [1.54, 1.807) is 0 Å². The van der Waals surface area contributed by atoms with Crippen LogP contribution in [0.25, 0.3) is 0 Å². The van der Waals surface area contributed by atoms with Crippen LogP contribution in [-0.2, 0) is 19.0 Å². The van der Waals surface area contributed by atoms with Crippen molar-refractivity contribution < 1.29 is 37.8 Å². The van der Waals surface area contributed by atoms with E-state index in [9.17, 15) is 23.7 Å². The molecule has 0 aromatic heterocycles. The first-order chi connectivity index (χ1) is 7.26. The third-order valence-corrected chi connectivity index (χ3v) is 2.70. The van der Waals surface area contributed by atoms with Gasteiger partial charge in [0, 0.05) is 0 Å². The Hall–Kier alpha value is -0.290. The molecule has 0 spiro atoms. The summed E-state index contributed by atoms with van der Waals surface area (Å²) in [5.41, 5.74) is 0. The first-order valence-electron chi connectivity index (χ1n) is 4.45. The van der Waals surface area contributed by atoms with Crippen LogP contribution in [0.4, 0.5) is 0 Å². The summed E-state index contributed by atoms with van der Waals surface area (Å²) in [5.74, 6) is 0. The van der Waals surface area contributed by atoms with Gasteiger partial charge in [0.2, 0.25) is 0 Å². The molecule has 1 rings (SSSR count). The van der Waals surface area contributed by atoms with Crippen LogP contribution in [0.3, 0.4) is 0 Å². The molecule has 4 N–H and O–H groups in total. The standard InChI is InChI=1S/C7H14O8S/c1-16(12,13)15-6-4(9)3(2-8)14-7(11)5(6)10/h3-11H,2H2,1H3/t3-,4-,5-,6+,7+/m1/s1. The Kier molecular flexibility index (Phi) is 4.23. The van der Waals surface area contributed by atoms with Crippen molar-refractivity contribution in [3.63, 3.8) is 0 Å². The summed E-state index contributed by atoms with van der Waals surface area (Å²) in [4.78, 5) is 0. The van der Waals surface area contributed by atoms with E-state index < -0.39 is 47.4 Å². The van der Waals surface area contributed by atoms with Crippen molar-refractivity contribution in [2.24, 2.45) is 0 Å². The van der Waals surface area contributed by atoms with Gasteiger partial charge >= 0.3 is 0 Å². The molecule has 9 heteroatoms. The lowest BCUT2D eigenvalue weighted by atomic mass is 9.99. The zero-order chi connectivity index (χ0) is 12.5. The first-order valence-corrected chi connectivity index (χ1v) is 6.26. The first kappa shape index (κ1) is 13.8. The summed E-state index contributed by atoms with van der Waals surface area (Å²) in [6, 6.07) is 0. The molecule has 96 valence electrons. The van der Waals surface area contributed by atoms with Crippen LogP contribution in [0.5, 0.6) is 0 Å². The zero-order valence-corrected chi connectivity index (χ0v) is 9.24. The molecule has 1 fully saturated rings. The number of ether oxygens (including phenoxy) is 1. The molecule has 0 radical (unpaired) electrons. The number of hydrogen-bond donors (Lipinski definition) is 4. The molecule has 0 aromatic carbocycles. The topological polar surface area (TPSA) is 134 Å². The lowest BCUT2D eigenvalue weighted by molar-refractivity contribution is -0.281. The van der Waals surface area contributed by atoms with Gasteiger partial charge in [-0.15, -0.1) is 0 Å². The molecule has 0 unspecified atom stereocenters. The highest BCUT2D eigenvalue weighted by atomic mass is 32.2. The Morgan fingerprint density at radius 3 is 2.25 bits per heavy atom. The second-order valence-corrected chi connectivity index (χ2v) is 5.09. The van der Waals surface area contributed by atoms with Crippen molar-refractivity contribution in [1.82, 2.24) is 0 Å². The summed E-state index contributed by atoms with van der Waals surface area (Å²) >= 11 is 0. The molecule has 16 heavy (non-hydrogen) atoms. The van der Waals surface area contributed by atoms with Crippen LogP contribution >= 0.6 is 0 Å². The summed E-state index contributed by atoms with van der Waals surface area (Å²) in [6.45, 7) is -0.644. The van der Waals surface area contributed by atoms with Gasteiger partial charge in [0.25, 0.3) is 10.1 Å². The van der Waals surface area contributed by atoms with Crippen molar-refractivity contribution in [2.45, 2.75) is 30.7 Å². The molecule has 1 aliphatic rings. The van der Waals surface area contributed by atoms with E-state index >= 15 is 0 Å². The molecule has 0 aromatic rings. The normalized spacial score (nSPS) is 40.9. The largest absolute Gasteiger partial charge is 0.394 e.